The summed E-state index contributed by atoms with van der Waals surface area (Å²) in [5.41, 5.74) is 2.72. The van der Waals surface area contributed by atoms with Crippen LogP contribution >= 0.6 is 11.8 Å². The van der Waals surface area contributed by atoms with Crippen LogP contribution in [-0.4, -0.2) is 5.75 Å². The summed E-state index contributed by atoms with van der Waals surface area (Å²) in [4.78, 5) is 0. The molecular weight excluding hydrogens is 216 g/mol. The first-order chi connectivity index (χ1) is 7.84. The lowest BCUT2D eigenvalue weighted by atomic mass is 10.2. The van der Waals surface area contributed by atoms with E-state index in [9.17, 15) is 0 Å². The van der Waals surface area contributed by atoms with Gasteiger partial charge in [-0.15, -0.1) is 0 Å². The predicted molar refractivity (Wildman–Crippen MR) is 69.8 cm³/mol. The first-order valence-corrected chi connectivity index (χ1v) is 6.66. The van der Waals surface area contributed by atoms with Crippen molar-refractivity contribution in [1.82, 2.24) is 0 Å². The van der Waals surface area contributed by atoms with Gasteiger partial charge in [0.05, 0.1) is 6.26 Å². The van der Waals surface area contributed by atoms with Crippen molar-refractivity contribution in [3.8, 4) is 0 Å². The molecule has 1 aromatic heterocycles. The Labute approximate surface area is 101 Å². The number of furan rings is 1. The molecule has 0 aliphatic heterocycles. The second-order valence-electron chi connectivity index (χ2n) is 3.87. The monoisotopic (exact) mass is 232 g/mol. The highest BCUT2D eigenvalue weighted by Gasteiger charge is 1.97. The van der Waals surface area contributed by atoms with Crippen molar-refractivity contribution in [1.29, 1.82) is 0 Å². The quantitative estimate of drug-likeness (QED) is 0.721. The van der Waals surface area contributed by atoms with Crippen molar-refractivity contribution >= 4 is 11.8 Å². The van der Waals surface area contributed by atoms with Crippen LogP contribution < -0.4 is 0 Å². The predicted octanol–water partition coefficient (Wildman–Crippen LogP) is 4.06. The second-order valence-corrected chi connectivity index (χ2v) is 4.97. The standard InChI is InChI=1S/C14H16OS/c1-12-4-6-13(7-5-12)11-16-10-8-14-3-2-9-15-14/h2-7,9H,8,10-11H2,1H3. The number of hydrogen-bond donors (Lipinski definition) is 0. The average molecular weight is 232 g/mol. The zero-order valence-corrected chi connectivity index (χ0v) is 10.3. The molecule has 0 spiro atoms. The summed E-state index contributed by atoms with van der Waals surface area (Å²) in [5, 5.41) is 0. The molecule has 0 bridgehead atoms. The van der Waals surface area contributed by atoms with E-state index in [4.69, 9.17) is 4.42 Å². The second kappa shape index (κ2) is 5.80. The van der Waals surface area contributed by atoms with Crippen LogP contribution in [0.2, 0.25) is 0 Å². The van der Waals surface area contributed by atoms with E-state index < -0.39 is 0 Å². The molecule has 1 aromatic carbocycles. The fourth-order valence-corrected chi connectivity index (χ4v) is 2.42. The number of thioether (sulfide) groups is 1. The van der Waals surface area contributed by atoms with E-state index in [0.29, 0.717) is 0 Å². The van der Waals surface area contributed by atoms with Gasteiger partial charge in [0.25, 0.3) is 0 Å². The Morgan fingerprint density at radius 1 is 1.12 bits per heavy atom. The van der Waals surface area contributed by atoms with Gasteiger partial charge in [0.15, 0.2) is 0 Å². The molecule has 0 amide bonds. The molecular formula is C14H16OS. The minimum Gasteiger partial charge on any atom is -0.469 e. The van der Waals surface area contributed by atoms with Crippen molar-refractivity contribution < 1.29 is 4.42 Å². The highest BCUT2D eigenvalue weighted by molar-refractivity contribution is 7.98. The zero-order valence-electron chi connectivity index (χ0n) is 9.48. The molecule has 1 nitrogen and oxygen atoms in total. The van der Waals surface area contributed by atoms with E-state index in [2.05, 4.69) is 31.2 Å². The SMILES string of the molecule is Cc1ccc(CSCCc2ccco2)cc1. The molecule has 0 aliphatic carbocycles. The highest BCUT2D eigenvalue weighted by atomic mass is 32.2. The van der Waals surface area contributed by atoms with Crippen molar-refractivity contribution in [2.45, 2.75) is 19.1 Å². The Bertz CT molecular complexity index is 403. The Morgan fingerprint density at radius 3 is 2.62 bits per heavy atom. The van der Waals surface area contributed by atoms with E-state index in [1.807, 2.05) is 23.9 Å². The van der Waals surface area contributed by atoms with Gasteiger partial charge in [0.2, 0.25) is 0 Å². The molecule has 0 fully saturated rings. The molecule has 2 aromatic rings. The molecule has 0 atom stereocenters. The average Bonchev–Trinajstić information content (AvgIpc) is 2.80. The largest absolute Gasteiger partial charge is 0.469 e. The van der Waals surface area contributed by atoms with Crippen LogP contribution in [0.25, 0.3) is 0 Å². The summed E-state index contributed by atoms with van der Waals surface area (Å²) >= 11 is 1.95. The number of aryl methyl sites for hydroxylation is 2. The summed E-state index contributed by atoms with van der Waals surface area (Å²) in [7, 11) is 0. The zero-order chi connectivity index (χ0) is 11.2. The Hall–Kier alpha value is -1.15. The van der Waals surface area contributed by atoms with Gasteiger partial charge in [-0.3, -0.25) is 0 Å². The number of rotatable bonds is 5. The molecule has 0 aliphatic rings. The van der Waals surface area contributed by atoms with Crippen LogP contribution in [0, 0.1) is 6.92 Å². The fourth-order valence-electron chi connectivity index (χ4n) is 1.50. The summed E-state index contributed by atoms with van der Waals surface area (Å²) in [6.07, 6.45) is 2.75. The highest BCUT2D eigenvalue weighted by Crippen LogP contribution is 2.14. The summed E-state index contributed by atoms with van der Waals surface area (Å²) in [6.45, 7) is 2.12. The van der Waals surface area contributed by atoms with Gasteiger partial charge in [-0.2, -0.15) is 11.8 Å². The van der Waals surface area contributed by atoms with E-state index in [1.165, 1.54) is 11.1 Å². The molecule has 16 heavy (non-hydrogen) atoms. The van der Waals surface area contributed by atoms with Gasteiger partial charge in [0.1, 0.15) is 5.76 Å². The summed E-state index contributed by atoms with van der Waals surface area (Å²) in [6, 6.07) is 12.7. The minimum atomic E-state index is 1.02. The van der Waals surface area contributed by atoms with Crippen LogP contribution in [0.5, 0.6) is 0 Å². The van der Waals surface area contributed by atoms with Gasteiger partial charge < -0.3 is 4.42 Å². The molecule has 2 heteroatoms. The molecule has 0 radical (unpaired) electrons. The number of hydrogen-bond acceptors (Lipinski definition) is 2. The molecule has 1 heterocycles. The van der Waals surface area contributed by atoms with Crippen LogP contribution in [0.1, 0.15) is 16.9 Å². The Morgan fingerprint density at radius 2 is 1.94 bits per heavy atom. The fraction of sp³-hybridized carbons (Fsp3) is 0.286. The van der Waals surface area contributed by atoms with Crippen molar-refractivity contribution in [2.75, 3.05) is 5.75 Å². The van der Waals surface area contributed by atoms with Crippen molar-refractivity contribution in [3.05, 3.63) is 59.5 Å². The molecule has 2 rings (SSSR count). The molecule has 0 N–H and O–H groups in total. The van der Waals surface area contributed by atoms with E-state index in [0.717, 1.165) is 23.7 Å². The van der Waals surface area contributed by atoms with Crippen LogP contribution in [-0.2, 0) is 12.2 Å². The third-order valence-corrected chi connectivity index (χ3v) is 3.49. The maximum Gasteiger partial charge on any atom is 0.104 e. The lowest BCUT2D eigenvalue weighted by Crippen LogP contribution is -1.87. The molecule has 0 saturated carbocycles. The Balaban J connectivity index is 1.70. The third kappa shape index (κ3) is 3.46. The number of benzene rings is 1. The van der Waals surface area contributed by atoms with Crippen LogP contribution in [0.15, 0.2) is 47.1 Å². The van der Waals surface area contributed by atoms with E-state index in [1.54, 1.807) is 6.26 Å². The first kappa shape index (κ1) is 11.3. The van der Waals surface area contributed by atoms with Crippen LogP contribution in [0.3, 0.4) is 0 Å². The lowest BCUT2D eigenvalue weighted by Gasteiger charge is -2.01. The first-order valence-electron chi connectivity index (χ1n) is 5.50. The van der Waals surface area contributed by atoms with Crippen molar-refractivity contribution in [2.24, 2.45) is 0 Å². The third-order valence-electron chi connectivity index (χ3n) is 2.46. The topological polar surface area (TPSA) is 13.1 Å². The normalized spacial score (nSPS) is 10.6. The smallest absolute Gasteiger partial charge is 0.104 e. The Kier molecular flexibility index (Phi) is 4.11. The van der Waals surface area contributed by atoms with E-state index >= 15 is 0 Å². The van der Waals surface area contributed by atoms with Crippen LogP contribution in [0.4, 0.5) is 0 Å². The van der Waals surface area contributed by atoms with Crippen molar-refractivity contribution in [3.63, 3.8) is 0 Å². The molecule has 84 valence electrons. The minimum absolute atomic E-state index is 1.02. The maximum absolute atomic E-state index is 5.29. The summed E-state index contributed by atoms with van der Waals surface area (Å²) in [5.74, 6) is 3.28. The van der Waals surface area contributed by atoms with E-state index in [-0.39, 0.29) is 0 Å². The molecule has 0 saturated heterocycles. The maximum atomic E-state index is 5.29. The van der Waals surface area contributed by atoms with Gasteiger partial charge in [-0.25, -0.2) is 0 Å². The van der Waals surface area contributed by atoms with Gasteiger partial charge in [-0.1, -0.05) is 29.8 Å². The summed E-state index contributed by atoms with van der Waals surface area (Å²) < 4.78 is 5.29. The molecule has 0 unspecified atom stereocenters. The lowest BCUT2D eigenvalue weighted by molar-refractivity contribution is 0.517. The van der Waals surface area contributed by atoms with Gasteiger partial charge >= 0.3 is 0 Å². The van der Waals surface area contributed by atoms with Gasteiger partial charge in [-0.05, 0) is 24.6 Å². The van der Waals surface area contributed by atoms with Gasteiger partial charge in [0, 0.05) is 17.9 Å².